The van der Waals surface area contributed by atoms with Gasteiger partial charge in [0.1, 0.15) is 6.04 Å². The Morgan fingerprint density at radius 1 is 1.07 bits per heavy atom. The van der Waals surface area contributed by atoms with Gasteiger partial charge in [-0.2, -0.15) is 0 Å². The molecule has 1 aromatic heterocycles. The summed E-state index contributed by atoms with van der Waals surface area (Å²) in [6.45, 7) is 2.70. The second-order valence-corrected chi connectivity index (χ2v) is 10.5. The highest BCUT2D eigenvalue weighted by Crippen LogP contribution is 2.29. The Morgan fingerprint density at radius 3 is 2.43 bits per heavy atom. The molecule has 1 saturated heterocycles. The predicted molar refractivity (Wildman–Crippen MR) is 120 cm³/mol. The van der Waals surface area contributed by atoms with Crippen LogP contribution in [-0.2, 0) is 14.6 Å². The van der Waals surface area contributed by atoms with Gasteiger partial charge in [-0.1, -0.05) is 54.6 Å². The van der Waals surface area contributed by atoms with Crippen LogP contribution in [0.3, 0.4) is 0 Å². The summed E-state index contributed by atoms with van der Waals surface area (Å²) in [5, 5.41) is 5.41. The van der Waals surface area contributed by atoms with Crippen LogP contribution in [0.5, 0.6) is 0 Å². The van der Waals surface area contributed by atoms with E-state index in [-0.39, 0.29) is 17.4 Å². The third kappa shape index (κ3) is 4.61. The maximum absolute atomic E-state index is 13.3. The molecule has 156 valence electrons. The van der Waals surface area contributed by atoms with Gasteiger partial charge in [0, 0.05) is 24.0 Å². The fourth-order valence-corrected chi connectivity index (χ4v) is 5.58. The van der Waals surface area contributed by atoms with Crippen molar-refractivity contribution in [1.82, 2.24) is 9.88 Å². The number of nitrogens with zero attached hydrogens (tertiary/aromatic N) is 2. The van der Waals surface area contributed by atoms with E-state index in [0.717, 1.165) is 22.4 Å². The molecule has 0 aliphatic carbocycles. The summed E-state index contributed by atoms with van der Waals surface area (Å²) in [6, 6.07) is 16.9. The number of hydrogen-bond donors (Lipinski definition) is 1. The highest BCUT2D eigenvalue weighted by Gasteiger charge is 2.32. The molecule has 1 aliphatic rings. The molecular weight excluding hydrogens is 418 g/mol. The quantitative estimate of drug-likeness (QED) is 0.655. The molecule has 2 heterocycles. The van der Waals surface area contributed by atoms with Crippen LogP contribution in [0, 0.1) is 6.92 Å². The molecule has 0 radical (unpaired) electrons. The zero-order valence-corrected chi connectivity index (χ0v) is 18.2. The number of carbonyl (C=O) groups is 1. The largest absolute Gasteiger partial charge is 0.300 e. The number of nitrogens with one attached hydrogen (secondary N) is 1. The Morgan fingerprint density at radius 2 is 1.73 bits per heavy atom. The molecule has 0 spiro atoms. The Balaban J connectivity index is 1.56. The minimum Gasteiger partial charge on any atom is -0.300 e. The number of benzene rings is 2. The zero-order chi connectivity index (χ0) is 21.1. The van der Waals surface area contributed by atoms with Gasteiger partial charge in [0.25, 0.3) is 0 Å². The van der Waals surface area contributed by atoms with Gasteiger partial charge in [-0.25, -0.2) is 13.4 Å². The maximum atomic E-state index is 13.3. The average Bonchev–Trinajstić information content (AvgIpc) is 3.19. The van der Waals surface area contributed by atoms with E-state index >= 15 is 0 Å². The lowest BCUT2D eigenvalue weighted by molar-refractivity contribution is -0.121. The molecule has 2 aromatic carbocycles. The smallest absolute Gasteiger partial charge is 0.248 e. The molecular formula is C22H23N3O3S2. The monoisotopic (exact) mass is 441 g/mol. The van der Waals surface area contributed by atoms with Crippen LogP contribution in [0.2, 0.25) is 0 Å². The van der Waals surface area contributed by atoms with Gasteiger partial charge in [-0.15, -0.1) is 11.3 Å². The van der Waals surface area contributed by atoms with Gasteiger partial charge in [0.05, 0.1) is 17.2 Å². The van der Waals surface area contributed by atoms with Crippen LogP contribution in [0.4, 0.5) is 5.13 Å². The van der Waals surface area contributed by atoms with Crippen LogP contribution >= 0.6 is 11.3 Å². The predicted octanol–water partition coefficient (Wildman–Crippen LogP) is 3.53. The van der Waals surface area contributed by atoms with Gasteiger partial charge in [0.15, 0.2) is 15.0 Å². The molecule has 1 aliphatic heterocycles. The molecule has 8 heteroatoms. The first-order valence-electron chi connectivity index (χ1n) is 9.75. The van der Waals surface area contributed by atoms with E-state index in [0.29, 0.717) is 18.2 Å². The Labute approximate surface area is 180 Å². The van der Waals surface area contributed by atoms with Gasteiger partial charge < -0.3 is 5.32 Å². The lowest BCUT2D eigenvalue weighted by atomic mass is 10.0. The third-order valence-corrected chi connectivity index (χ3v) is 7.63. The lowest BCUT2D eigenvalue weighted by Crippen LogP contribution is -2.46. The fourth-order valence-electron chi connectivity index (χ4n) is 3.64. The SMILES string of the molecule is Cc1ccccc1-c1csc(NC(=O)C(c2ccccc2)N2CCS(=O)(=O)CC2)n1. The van der Waals surface area contributed by atoms with E-state index in [1.807, 2.05) is 71.8 Å². The number of amides is 1. The summed E-state index contributed by atoms with van der Waals surface area (Å²) < 4.78 is 23.7. The molecule has 6 nitrogen and oxygen atoms in total. The highest BCUT2D eigenvalue weighted by atomic mass is 32.2. The molecule has 0 saturated carbocycles. The van der Waals surface area contributed by atoms with E-state index in [9.17, 15) is 13.2 Å². The van der Waals surface area contributed by atoms with Crippen LogP contribution in [0.1, 0.15) is 17.2 Å². The van der Waals surface area contributed by atoms with E-state index in [4.69, 9.17) is 0 Å². The molecule has 4 rings (SSSR count). The number of aromatic nitrogens is 1. The second-order valence-electron chi connectivity index (χ2n) is 7.34. The van der Waals surface area contributed by atoms with Crippen molar-refractivity contribution in [2.75, 3.05) is 29.9 Å². The highest BCUT2D eigenvalue weighted by molar-refractivity contribution is 7.91. The Bertz CT molecular complexity index is 1130. The zero-order valence-electron chi connectivity index (χ0n) is 16.6. The van der Waals surface area contributed by atoms with E-state index in [2.05, 4.69) is 10.3 Å². The first-order chi connectivity index (χ1) is 14.4. The van der Waals surface area contributed by atoms with Crippen molar-refractivity contribution in [3.63, 3.8) is 0 Å². The molecule has 1 N–H and O–H groups in total. The topological polar surface area (TPSA) is 79.4 Å². The molecule has 1 fully saturated rings. The number of anilines is 1. The minimum atomic E-state index is -3.03. The van der Waals surface area contributed by atoms with Crippen LogP contribution < -0.4 is 5.32 Å². The van der Waals surface area contributed by atoms with Crippen molar-refractivity contribution in [2.45, 2.75) is 13.0 Å². The third-order valence-electron chi connectivity index (χ3n) is 5.26. The van der Waals surface area contributed by atoms with Crippen molar-refractivity contribution in [2.24, 2.45) is 0 Å². The standard InChI is InChI=1S/C22H23N3O3S2/c1-16-7-5-6-10-18(16)19-15-29-22(23-19)24-21(26)20(17-8-3-2-4-9-17)25-11-13-30(27,28)14-12-25/h2-10,15,20H,11-14H2,1H3,(H,23,24,26). The number of carbonyl (C=O) groups excluding carboxylic acids is 1. The summed E-state index contributed by atoms with van der Waals surface area (Å²) in [7, 11) is -3.03. The van der Waals surface area contributed by atoms with Crippen molar-refractivity contribution < 1.29 is 13.2 Å². The first kappa shape index (κ1) is 20.7. The van der Waals surface area contributed by atoms with Gasteiger partial charge in [0.2, 0.25) is 5.91 Å². The van der Waals surface area contributed by atoms with E-state index in [1.54, 1.807) is 0 Å². The fraction of sp³-hybridized carbons (Fsp3) is 0.273. The maximum Gasteiger partial charge on any atom is 0.248 e. The second kappa shape index (κ2) is 8.67. The van der Waals surface area contributed by atoms with Gasteiger partial charge >= 0.3 is 0 Å². The average molecular weight is 442 g/mol. The van der Waals surface area contributed by atoms with Gasteiger partial charge in [-0.05, 0) is 18.1 Å². The molecule has 30 heavy (non-hydrogen) atoms. The van der Waals surface area contributed by atoms with Crippen molar-refractivity contribution in [3.8, 4) is 11.3 Å². The summed E-state index contributed by atoms with van der Waals surface area (Å²) in [5.74, 6) is -0.0671. The summed E-state index contributed by atoms with van der Waals surface area (Å²) >= 11 is 1.38. The molecule has 0 bridgehead atoms. The number of rotatable bonds is 5. The number of sulfone groups is 1. The first-order valence-corrected chi connectivity index (χ1v) is 12.4. The van der Waals surface area contributed by atoms with E-state index < -0.39 is 15.9 Å². The van der Waals surface area contributed by atoms with Crippen molar-refractivity contribution in [1.29, 1.82) is 0 Å². The van der Waals surface area contributed by atoms with Crippen LogP contribution in [0.15, 0.2) is 60.0 Å². The normalized spacial score (nSPS) is 17.4. The summed E-state index contributed by atoms with van der Waals surface area (Å²) in [4.78, 5) is 19.8. The summed E-state index contributed by atoms with van der Waals surface area (Å²) in [6.07, 6.45) is 0. The lowest BCUT2D eigenvalue weighted by Gasteiger charge is -2.33. The van der Waals surface area contributed by atoms with Crippen molar-refractivity contribution >= 4 is 32.2 Å². The van der Waals surface area contributed by atoms with Crippen molar-refractivity contribution in [3.05, 3.63) is 71.1 Å². The number of thiazole rings is 1. The molecule has 1 atom stereocenters. The van der Waals surface area contributed by atoms with E-state index in [1.165, 1.54) is 11.3 Å². The Hall–Kier alpha value is -2.55. The van der Waals surface area contributed by atoms with Gasteiger partial charge in [-0.3, -0.25) is 9.69 Å². The molecule has 1 amide bonds. The Kier molecular flexibility index (Phi) is 5.99. The molecule has 1 unspecified atom stereocenters. The van der Waals surface area contributed by atoms with Crippen LogP contribution in [-0.4, -0.2) is 48.8 Å². The number of aryl methyl sites for hydroxylation is 1. The number of hydrogen-bond acceptors (Lipinski definition) is 6. The summed E-state index contributed by atoms with van der Waals surface area (Å²) in [5.41, 5.74) is 3.83. The molecule has 3 aromatic rings. The minimum absolute atomic E-state index is 0.0678. The van der Waals surface area contributed by atoms with Crippen LogP contribution in [0.25, 0.3) is 11.3 Å².